The van der Waals surface area contributed by atoms with Crippen LogP contribution in [0, 0.1) is 6.92 Å². The Morgan fingerprint density at radius 3 is 2.64 bits per heavy atom. The summed E-state index contributed by atoms with van der Waals surface area (Å²) in [6.45, 7) is 5.09. The molecule has 0 fully saturated rings. The van der Waals surface area contributed by atoms with Crippen LogP contribution in [0.3, 0.4) is 0 Å². The van der Waals surface area contributed by atoms with Crippen molar-refractivity contribution < 1.29 is 0 Å². The van der Waals surface area contributed by atoms with Crippen LogP contribution in [0.4, 0.5) is 0 Å². The molecule has 1 heterocycles. The lowest BCUT2D eigenvalue weighted by Gasteiger charge is -2.12. The van der Waals surface area contributed by atoms with Crippen LogP contribution in [0.25, 0.3) is 22.4 Å². The summed E-state index contributed by atoms with van der Waals surface area (Å²) in [4.78, 5) is 6.29. The van der Waals surface area contributed by atoms with Crippen molar-refractivity contribution in [1.82, 2.24) is 9.55 Å². The first-order chi connectivity index (χ1) is 13.7. The van der Waals surface area contributed by atoms with Crippen LogP contribution in [0.5, 0.6) is 0 Å². The minimum Gasteiger partial charge on any atom is -0.319 e. The lowest BCUT2D eigenvalue weighted by Crippen LogP contribution is -2.03. The molecule has 28 heavy (non-hydrogen) atoms. The summed E-state index contributed by atoms with van der Waals surface area (Å²) in [7, 11) is 0. The van der Waals surface area contributed by atoms with E-state index in [1.807, 2.05) is 30.0 Å². The highest BCUT2D eigenvalue weighted by atomic mass is 35.5. The largest absolute Gasteiger partial charge is 0.319 e. The maximum atomic E-state index is 6.24. The summed E-state index contributed by atoms with van der Waals surface area (Å²) in [6.07, 6.45) is 1.17. The van der Waals surface area contributed by atoms with E-state index < -0.39 is 0 Å². The molecular weight excluding hydrogens is 384 g/mol. The molecule has 0 saturated carbocycles. The third-order valence-electron chi connectivity index (χ3n) is 4.81. The zero-order valence-electron chi connectivity index (χ0n) is 16.2. The van der Waals surface area contributed by atoms with Crippen molar-refractivity contribution >= 4 is 34.4 Å². The molecule has 0 bridgehead atoms. The second kappa shape index (κ2) is 8.42. The van der Waals surface area contributed by atoms with Crippen LogP contribution >= 0.6 is 23.4 Å². The molecular formula is C24H23ClN2S. The molecule has 0 aliphatic carbocycles. The molecule has 4 rings (SSSR count). The molecule has 0 N–H and O–H groups in total. The molecule has 0 spiro atoms. The van der Waals surface area contributed by atoms with Crippen LogP contribution in [0.15, 0.2) is 71.6 Å². The van der Waals surface area contributed by atoms with E-state index in [0.717, 1.165) is 28.7 Å². The van der Waals surface area contributed by atoms with Crippen molar-refractivity contribution in [3.63, 3.8) is 0 Å². The van der Waals surface area contributed by atoms with Crippen LogP contribution < -0.4 is 0 Å². The van der Waals surface area contributed by atoms with Gasteiger partial charge in [-0.25, -0.2) is 4.98 Å². The smallest absolute Gasteiger partial charge is 0.141 e. The number of benzene rings is 3. The van der Waals surface area contributed by atoms with Gasteiger partial charge in [0.25, 0.3) is 0 Å². The van der Waals surface area contributed by atoms with Crippen molar-refractivity contribution in [1.29, 1.82) is 0 Å². The predicted molar refractivity (Wildman–Crippen MR) is 121 cm³/mol. The topological polar surface area (TPSA) is 17.8 Å². The van der Waals surface area contributed by atoms with Crippen LogP contribution in [-0.4, -0.2) is 15.3 Å². The van der Waals surface area contributed by atoms with Gasteiger partial charge in [-0.15, -0.1) is 11.8 Å². The fourth-order valence-corrected chi connectivity index (χ4v) is 4.43. The maximum Gasteiger partial charge on any atom is 0.141 e. The molecule has 0 atom stereocenters. The zero-order valence-corrected chi connectivity index (χ0v) is 17.7. The minimum atomic E-state index is 0.739. The molecule has 3 aromatic carbocycles. The molecule has 0 saturated heterocycles. The summed E-state index contributed by atoms with van der Waals surface area (Å²) in [5.74, 6) is 2.13. The molecule has 4 heteroatoms. The van der Waals surface area contributed by atoms with E-state index in [-0.39, 0.29) is 0 Å². The summed E-state index contributed by atoms with van der Waals surface area (Å²) in [6, 6.07) is 23.1. The first kappa shape index (κ1) is 19.1. The Morgan fingerprint density at radius 2 is 1.86 bits per heavy atom. The predicted octanol–water partition coefficient (Wildman–Crippen LogP) is 7.22. The normalized spacial score (nSPS) is 11.2. The van der Waals surface area contributed by atoms with Crippen molar-refractivity contribution in [3.05, 3.63) is 82.9 Å². The van der Waals surface area contributed by atoms with E-state index in [2.05, 4.69) is 66.9 Å². The highest BCUT2D eigenvalue weighted by Gasteiger charge is 2.15. The van der Waals surface area contributed by atoms with Gasteiger partial charge in [0, 0.05) is 22.0 Å². The van der Waals surface area contributed by atoms with Gasteiger partial charge in [-0.2, -0.15) is 0 Å². The number of hydrogen-bond acceptors (Lipinski definition) is 2. The van der Waals surface area contributed by atoms with Gasteiger partial charge < -0.3 is 4.57 Å². The second-order valence-electron chi connectivity index (χ2n) is 6.97. The Morgan fingerprint density at radius 1 is 1.00 bits per heavy atom. The maximum absolute atomic E-state index is 6.24. The SMILES string of the molecule is CCCSc1ccc2nc(-c3ccccc3C)n(Cc3cccc(Cl)c3)c2c1. The monoisotopic (exact) mass is 406 g/mol. The lowest BCUT2D eigenvalue weighted by molar-refractivity contribution is 0.833. The molecule has 1 aromatic heterocycles. The summed E-state index contributed by atoms with van der Waals surface area (Å²) < 4.78 is 2.32. The number of aromatic nitrogens is 2. The van der Waals surface area contributed by atoms with Crippen LogP contribution in [-0.2, 0) is 6.54 Å². The van der Waals surface area contributed by atoms with Gasteiger partial charge in [-0.1, -0.05) is 54.9 Å². The Hall–Kier alpha value is -2.23. The third kappa shape index (κ3) is 3.96. The number of hydrogen-bond donors (Lipinski definition) is 0. The molecule has 4 aromatic rings. The van der Waals surface area contributed by atoms with Crippen molar-refractivity contribution in [2.24, 2.45) is 0 Å². The Bertz CT molecular complexity index is 1120. The summed E-state index contributed by atoms with van der Waals surface area (Å²) >= 11 is 8.14. The number of aryl methyl sites for hydroxylation is 1. The number of fused-ring (bicyclic) bond motifs is 1. The van der Waals surface area contributed by atoms with Gasteiger partial charge in [0.1, 0.15) is 5.82 Å². The standard InChI is InChI=1S/C24H23ClN2S/c1-3-13-28-20-11-12-22-23(15-20)27(16-18-8-6-9-19(25)14-18)24(26-22)21-10-5-4-7-17(21)2/h4-12,14-15H,3,13,16H2,1-2H3. The molecule has 0 radical (unpaired) electrons. The number of halogens is 1. The molecule has 0 aliphatic heterocycles. The molecule has 0 amide bonds. The average molecular weight is 407 g/mol. The van der Waals surface area contributed by atoms with E-state index in [4.69, 9.17) is 16.6 Å². The van der Waals surface area contributed by atoms with Gasteiger partial charge in [-0.05, 0) is 60.6 Å². The van der Waals surface area contributed by atoms with Crippen molar-refractivity contribution in [2.75, 3.05) is 5.75 Å². The fraction of sp³-hybridized carbons (Fsp3) is 0.208. The fourth-order valence-electron chi connectivity index (χ4n) is 3.42. The highest BCUT2D eigenvalue weighted by molar-refractivity contribution is 7.99. The lowest BCUT2D eigenvalue weighted by atomic mass is 10.1. The van der Waals surface area contributed by atoms with Gasteiger partial charge >= 0.3 is 0 Å². The molecule has 142 valence electrons. The summed E-state index contributed by atoms with van der Waals surface area (Å²) in [5, 5.41) is 0.763. The molecule has 0 unspecified atom stereocenters. The zero-order chi connectivity index (χ0) is 19.5. The van der Waals surface area contributed by atoms with E-state index in [1.165, 1.54) is 33.5 Å². The van der Waals surface area contributed by atoms with Gasteiger partial charge in [-0.3, -0.25) is 0 Å². The quantitative estimate of drug-likeness (QED) is 0.314. The number of rotatable bonds is 6. The third-order valence-corrected chi connectivity index (χ3v) is 6.24. The van der Waals surface area contributed by atoms with E-state index in [9.17, 15) is 0 Å². The number of imidazole rings is 1. The Labute approximate surface area is 175 Å². The van der Waals surface area contributed by atoms with Crippen molar-refractivity contribution in [2.45, 2.75) is 31.7 Å². The first-order valence-corrected chi connectivity index (χ1v) is 11.0. The van der Waals surface area contributed by atoms with Gasteiger partial charge in [0.15, 0.2) is 0 Å². The average Bonchev–Trinajstić information content (AvgIpc) is 3.04. The second-order valence-corrected chi connectivity index (χ2v) is 8.57. The van der Waals surface area contributed by atoms with Gasteiger partial charge in [0.05, 0.1) is 11.0 Å². The van der Waals surface area contributed by atoms with Crippen LogP contribution in [0.2, 0.25) is 5.02 Å². The van der Waals surface area contributed by atoms with E-state index in [1.54, 1.807) is 0 Å². The van der Waals surface area contributed by atoms with Crippen LogP contribution in [0.1, 0.15) is 24.5 Å². The van der Waals surface area contributed by atoms with E-state index in [0.29, 0.717) is 0 Å². The number of nitrogens with zero attached hydrogens (tertiary/aromatic N) is 2. The van der Waals surface area contributed by atoms with E-state index >= 15 is 0 Å². The highest BCUT2D eigenvalue weighted by Crippen LogP contribution is 2.31. The Kier molecular flexibility index (Phi) is 5.74. The van der Waals surface area contributed by atoms with Crippen molar-refractivity contribution in [3.8, 4) is 11.4 Å². The number of thioether (sulfide) groups is 1. The molecule has 0 aliphatic rings. The minimum absolute atomic E-state index is 0.739. The van der Waals surface area contributed by atoms with Gasteiger partial charge in [0.2, 0.25) is 0 Å². The first-order valence-electron chi connectivity index (χ1n) is 9.59. The summed E-state index contributed by atoms with van der Waals surface area (Å²) in [5.41, 5.74) is 5.77. The molecule has 2 nitrogen and oxygen atoms in total. The Balaban J connectivity index is 1.88.